The molecule has 5 atom stereocenters. The standard InChI is InChI=1S/C9H16O15S3/c1-9(2)21-7-6(24-27(16,17)18)5(20-8(7)22-9)4(23-26(13,14)15)3-19-25(10,11)12/h4-8H,3H2,1-2H3,(H,10,11,12)(H,13,14,15)(H,16,17,18)/t4-,5-,6+,7-,8+/m1/s1. The smallest absolute Gasteiger partial charge is 0.341 e. The van der Waals surface area contributed by atoms with Gasteiger partial charge in [0.1, 0.15) is 24.4 Å². The maximum Gasteiger partial charge on any atom is 0.397 e. The van der Waals surface area contributed by atoms with Crippen molar-refractivity contribution in [1.29, 1.82) is 0 Å². The fraction of sp³-hybridized carbons (Fsp3) is 1.00. The molecule has 2 saturated heterocycles. The molecule has 160 valence electrons. The molecule has 0 radical (unpaired) electrons. The molecular weight excluding hydrogens is 444 g/mol. The zero-order chi connectivity index (χ0) is 20.8. The van der Waals surface area contributed by atoms with Crippen LogP contribution in [0.4, 0.5) is 0 Å². The third-order valence-electron chi connectivity index (χ3n) is 3.25. The number of rotatable bonds is 8. The van der Waals surface area contributed by atoms with Crippen molar-refractivity contribution in [2.45, 2.75) is 50.3 Å². The largest absolute Gasteiger partial charge is 0.397 e. The molecule has 0 aromatic carbocycles. The molecule has 2 fully saturated rings. The van der Waals surface area contributed by atoms with Gasteiger partial charge in [-0.05, 0) is 13.8 Å². The van der Waals surface area contributed by atoms with Crippen molar-refractivity contribution in [3.8, 4) is 0 Å². The number of hydrogen-bond acceptors (Lipinski definition) is 12. The maximum atomic E-state index is 11.1. The monoisotopic (exact) mass is 460 g/mol. The summed E-state index contributed by atoms with van der Waals surface area (Å²) in [7, 11) is -15.4. The summed E-state index contributed by atoms with van der Waals surface area (Å²) in [6.45, 7) is 1.61. The first-order valence-corrected chi connectivity index (χ1v) is 11.0. The zero-order valence-corrected chi connectivity index (χ0v) is 16.0. The number of hydrogen-bond donors (Lipinski definition) is 3. The third kappa shape index (κ3) is 6.80. The molecule has 2 aliphatic rings. The summed E-state index contributed by atoms with van der Waals surface area (Å²) in [5, 5.41) is 0. The fourth-order valence-electron chi connectivity index (χ4n) is 2.54. The molecule has 2 heterocycles. The highest BCUT2D eigenvalue weighted by Crippen LogP contribution is 2.40. The van der Waals surface area contributed by atoms with E-state index in [4.69, 9.17) is 27.9 Å². The molecule has 0 aromatic heterocycles. The van der Waals surface area contributed by atoms with Crippen LogP contribution < -0.4 is 0 Å². The Kier molecular flexibility index (Phi) is 6.23. The van der Waals surface area contributed by atoms with Gasteiger partial charge in [-0.3, -0.25) is 13.7 Å². The summed E-state index contributed by atoms with van der Waals surface area (Å²) in [5.74, 6) is -1.27. The molecule has 18 heteroatoms. The second kappa shape index (κ2) is 7.39. The first-order chi connectivity index (χ1) is 12.0. The lowest BCUT2D eigenvalue weighted by atomic mass is 10.1. The highest BCUT2D eigenvalue weighted by molar-refractivity contribution is 7.81. The van der Waals surface area contributed by atoms with Gasteiger partial charge in [-0.2, -0.15) is 25.3 Å². The van der Waals surface area contributed by atoms with Crippen LogP contribution in [0.5, 0.6) is 0 Å². The van der Waals surface area contributed by atoms with Crippen molar-refractivity contribution in [2.24, 2.45) is 0 Å². The summed E-state index contributed by atoms with van der Waals surface area (Å²) in [6.07, 6.45) is -8.33. The lowest BCUT2D eigenvalue weighted by molar-refractivity contribution is -0.223. The van der Waals surface area contributed by atoms with Crippen LogP contribution in [-0.4, -0.2) is 82.0 Å². The molecule has 0 unspecified atom stereocenters. The molecule has 0 amide bonds. The van der Waals surface area contributed by atoms with Gasteiger partial charge in [-0.25, -0.2) is 12.5 Å². The Morgan fingerprint density at radius 3 is 2.04 bits per heavy atom. The van der Waals surface area contributed by atoms with Crippen molar-refractivity contribution in [3.63, 3.8) is 0 Å². The summed E-state index contributed by atoms with van der Waals surface area (Å²) >= 11 is 0. The lowest BCUT2D eigenvalue weighted by Gasteiger charge is -2.28. The van der Waals surface area contributed by atoms with Crippen molar-refractivity contribution in [2.75, 3.05) is 6.61 Å². The van der Waals surface area contributed by atoms with E-state index in [0.29, 0.717) is 0 Å². The predicted octanol–water partition coefficient (Wildman–Crippen LogP) is -1.94. The Bertz CT molecular complexity index is 858. The van der Waals surface area contributed by atoms with Crippen molar-refractivity contribution in [1.82, 2.24) is 0 Å². The molecule has 0 spiro atoms. The zero-order valence-electron chi connectivity index (χ0n) is 13.6. The van der Waals surface area contributed by atoms with Gasteiger partial charge in [0.2, 0.25) is 0 Å². The number of ether oxygens (including phenoxy) is 3. The van der Waals surface area contributed by atoms with E-state index < -0.39 is 74.3 Å². The van der Waals surface area contributed by atoms with Crippen LogP contribution in [0.15, 0.2) is 0 Å². The maximum absolute atomic E-state index is 11.1. The summed E-state index contributed by atoms with van der Waals surface area (Å²) in [6, 6.07) is 0. The van der Waals surface area contributed by atoms with Crippen LogP contribution in [0.25, 0.3) is 0 Å². The SMILES string of the molecule is CC1(C)O[C@@H]2O[C@H]([C@@H](COS(=O)(=O)O)OS(=O)(=O)O)[C@H](OS(=O)(=O)O)[C@H]2O1. The third-order valence-corrected chi connectivity index (χ3v) is 4.64. The van der Waals surface area contributed by atoms with E-state index in [1.807, 2.05) is 0 Å². The molecular formula is C9H16O15S3. The van der Waals surface area contributed by atoms with Crippen molar-refractivity contribution >= 4 is 31.2 Å². The Morgan fingerprint density at radius 1 is 0.963 bits per heavy atom. The van der Waals surface area contributed by atoms with E-state index in [-0.39, 0.29) is 0 Å². The van der Waals surface area contributed by atoms with E-state index in [9.17, 15) is 25.3 Å². The fourth-order valence-corrected chi connectivity index (χ4v) is 3.82. The molecule has 27 heavy (non-hydrogen) atoms. The van der Waals surface area contributed by atoms with Crippen LogP contribution in [0.2, 0.25) is 0 Å². The van der Waals surface area contributed by atoms with Gasteiger partial charge in [-0.15, -0.1) is 0 Å². The summed E-state index contributed by atoms with van der Waals surface area (Å²) in [4.78, 5) is 0. The van der Waals surface area contributed by atoms with Gasteiger partial charge in [0.05, 0.1) is 6.61 Å². The minimum absolute atomic E-state index is 1.25. The van der Waals surface area contributed by atoms with Gasteiger partial charge in [0.25, 0.3) is 0 Å². The molecule has 15 nitrogen and oxygen atoms in total. The highest BCUT2D eigenvalue weighted by atomic mass is 32.3. The van der Waals surface area contributed by atoms with E-state index >= 15 is 0 Å². The molecule has 0 aromatic rings. The average molecular weight is 460 g/mol. The summed E-state index contributed by atoms with van der Waals surface area (Å²) < 4.78 is 121. The van der Waals surface area contributed by atoms with Crippen molar-refractivity contribution < 1.29 is 65.7 Å². The van der Waals surface area contributed by atoms with Gasteiger partial charge >= 0.3 is 31.2 Å². The van der Waals surface area contributed by atoms with E-state index in [1.54, 1.807) is 0 Å². The van der Waals surface area contributed by atoms with Gasteiger partial charge < -0.3 is 14.2 Å². The molecule has 0 saturated carbocycles. The lowest BCUT2D eigenvalue weighted by Crippen LogP contribution is -2.47. The minimum Gasteiger partial charge on any atom is -0.341 e. The molecule has 2 aliphatic heterocycles. The van der Waals surface area contributed by atoms with Crippen LogP contribution in [0.1, 0.15) is 13.8 Å². The van der Waals surface area contributed by atoms with Gasteiger partial charge in [0.15, 0.2) is 12.1 Å². The van der Waals surface area contributed by atoms with Crippen LogP contribution in [0.3, 0.4) is 0 Å². The minimum atomic E-state index is -5.23. The van der Waals surface area contributed by atoms with E-state index in [0.717, 1.165) is 0 Å². The second-order valence-corrected chi connectivity index (χ2v) is 9.02. The normalized spacial score (nSPS) is 32.3. The Hall–Kier alpha value is -0.510. The Labute approximate surface area is 154 Å². The highest BCUT2D eigenvalue weighted by Gasteiger charge is 2.59. The van der Waals surface area contributed by atoms with Gasteiger partial charge in [-0.1, -0.05) is 0 Å². The van der Waals surface area contributed by atoms with Crippen molar-refractivity contribution in [3.05, 3.63) is 0 Å². The van der Waals surface area contributed by atoms with Gasteiger partial charge in [0, 0.05) is 0 Å². The van der Waals surface area contributed by atoms with Crippen LogP contribution >= 0.6 is 0 Å². The molecule has 0 bridgehead atoms. The summed E-state index contributed by atoms with van der Waals surface area (Å²) in [5.41, 5.74) is 0. The Balaban J connectivity index is 2.33. The quantitative estimate of drug-likeness (QED) is 0.335. The first kappa shape index (κ1) is 22.8. The Morgan fingerprint density at radius 2 is 1.56 bits per heavy atom. The topological polar surface area (TPSA) is 218 Å². The number of fused-ring (bicyclic) bond motifs is 1. The van der Waals surface area contributed by atoms with E-state index in [1.165, 1.54) is 13.8 Å². The van der Waals surface area contributed by atoms with Crippen LogP contribution in [-0.2, 0) is 58.0 Å². The first-order valence-electron chi connectivity index (χ1n) is 6.90. The molecule has 2 rings (SSSR count). The van der Waals surface area contributed by atoms with E-state index in [2.05, 4.69) is 12.5 Å². The second-order valence-electron chi connectivity index (χ2n) is 5.83. The van der Waals surface area contributed by atoms with Crippen LogP contribution in [0, 0.1) is 0 Å². The average Bonchev–Trinajstić information content (AvgIpc) is 2.84. The molecule has 3 N–H and O–H groups in total. The molecule has 0 aliphatic carbocycles. The predicted molar refractivity (Wildman–Crippen MR) is 79.0 cm³/mol.